The SMILES string of the molecule is Cc1c(N)cc(S(=O)(=O)N[C@@H](C)c2ccccc2)cc1Cl. The Morgan fingerprint density at radius 1 is 1.19 bits per heavy atom. The minimum absolute atomic E-state index is 0.0679. The lowest BCUT2D eigenvalue weighted by molar-refractivity contribution is 0.567. The highest BCUT2D eigenvalue weighted by Gasteiger charge is 2.20. The average Bonchev–Trinajstić information content (AvgIpc) is 2.44. The van der Waals surface area contributed by atoms with Crippen LogP contribution in [0.5, 0.6) is 0 Å². The first-order valence-corrected chi connectivity index (χ1v) is 8.30. The molecule has 0 aliphatic rings. The number of nitrogens with one attached hydrogen (secondary N) is 1. The van der Waals surface area contributed by atoms with Gasteiger partial charge >= 0.3 is 0 Å². The second-order valence-electron chi connectivity index (χ2n) is 4.87. The van der Waals surface area contributed by atoms with E-state index in [1.807, 2.05) is 30.3 Å². The van der Waals surface area contributed by atoms with E-state index in [1.54, 1.807) is 13.8 Å². The first-order valence-electron chi connectivity index (χ1n) is 6.44. The van der Waals surface area contributed by atoms with E-state index in [4.69, 9.17) is 17.3 Å². The quantitative estimate of drug-likeness (QED) is 0.848. The maximum absolute atomic E-state index is 12.4. The lowest BCUT2D eigenvalue weighted by Crippen LogP contribution is -2.27. The van der Waals surface area contributed by atoms with Gasteiger partial charge in [0.2, 0.25) is 10.0 Å². The number of rotatable bonds is 4. The maximum Gasteiger partial charge on any atom is 0.241 e. The van der Waals surface area contributed by atoms with Gasteiger partial charge in [0, 0.05) is 16.8 Å². The van der Waals surface area contributed by atoms with Crippen LogP contribution < -0.4 is 10.5 Å². The van der Waals surface area contributed by atoms with Crippen molar-refractivity contribution in [2.24, 2.45) is 0 Å². The summed E-state index contributed by atoms with van der Waals surface area (Å²) in [5.41, 5.74) is 7.69. The Kier molecular flexibility index (Phi) is 4.56. The Hall–Kier alpha value is -1.56. The molecular weight excluding hydrogens is 308 g/mol. The second-order valence-corrected chi connectivity index (χ2v) is 6.99. The highest BCUT2D eigenvalue weighted by molar-refractivity contribution is 7.89. The van der Waals surface area contributed by atoms with Crippen LogP contribution in [0.15, 0.2) is 47.4 Å². The zero-order valence-electron chi connectivity index (χ0n) is 11.8. The number of hydrogen-bond acceptors (Lipinski definition) is 3. The Bertz CT molecular complexity index is 723. The van der Waals surface area contributed by atoms with Crippen LogP contribution in [0.1, 0.15) is 24.1 Å². The molecule has 0 saturated heterocycles. The summed E-state index contributed by atoms with van der Waals surface area (Å²) in [6.07, 6.45) is 0. The van der Waals surface area contributed by atoms with Gasteiger partial charge < -0.3 is 5.73 Å². The van der Waals surface area contributed by atoms with Crippen molar-refractivity contribution >= 4 is 27.3 Å². The van der Waals surface area contributed by atoms with Gasteiger partial charge in [0.15, 0.2) is 0 Å². The first-order chi connectivity index (χ1) is 9.81. The summed E-state index contributed by atoms with van der Waals surface area (Å²) in [5, 5.41) is 0.336. The van der Waals surface area contributed by atoms with Crippen LogP contribution in [0.3, 0.4) is 0 Å². The van der Waals surface area contributed by atoms with E-state index < -0.39 is 10.0 Å². The van der Waals surface area contributed by atoms with Crippen LogP contribution in [-0.2, 0) is 10.0 Å². The number of nitrogens with two attached hydrogens (primary N) is 1. The van der Waals surface area contributed by atoms with E-state index in [0.717, 1.165) is 5.56 Å². The number of anilines is 1. The molecule has 0 fully saturated rings. The summed E-state index contributed by atoms with van der Waals surface area (Å²) in [5.74, 6) is 0. The normalized spacial score (nSPS) is 13.1. The van der Waals surface area contributed by atoms with Crippen molar-refractivity contribution in [3.05, 3.63) is 58.6 Å². The molecule has 112 valence electrons. The predicted molar refractivity (Wildman–Crippen MR) is 85.8 cm³/mol. The molecule has 0 unspecified atom stereocenters. The molecule has 0 amide bonds. The smallest absolute Gasteiger partial charge is 0.241 e. The Morgan fingerprint density at radius 3 is 2.38 bits per heavy atom. The van der Waals surface area contributed by atoms with Crippen LogP contribution >= 0.6 is 11.6 Å². The van der Waals surface area contributed by atoms with Crippen LogP contribution in [0.2, 0.25) is 5.02 Å². The number of hydrogen-bond donors (Lipinski definition) is 2. The van der Waals surface area contributed by atoms with Crippen molar-refractivity contribution in [1.29, 1.82) is 0 Å². The molecule has 2 aromatic rings. The van der Waals surface area contributed by atoms with E-state index in [2.05, 4.69) is 4.72 Å². The molecule has 2 aromatic carbocycles. The third-order valence-electron chi connectivity index (χ3n) is 3.30. The van der Waals surface area contributed by atoms with Gasteiger partial charge in [-0.1, -0.05) is 41.9 Å². The van der Waals surface area contributed by atoms with Gasteiger partial charge in [-0.2, -0.15) is 0 Å². The highest BCUT2D eigenvalue weighted by Crippen LogP contribution is 2.26. The standard InChI is InChI=1S/C15H17ClN2O2S/c1-10-14(16)8-13(9-15(10)17)21(19,20)18-11(2)12-6-4-3-5-7-12/h3-9,11,18H,17H2,1-2H3/t11-/m0/s1. The van der Waals surface area contributed by atoms with Crippen molar-refractivity contribution in [2.75, 3.05) is 5.73 Å². The van der Waals surface area contributed by atoms with Crippen LogP contribution in [-0.4, -0.2) is 8.42 Å². The monoisotopic (exact) mass is 324 g/mol. The molecule has 21 heavy (non-hydrogen) atoms. The summed E-state index contributed by atoms with van der Waals surface area (Å²) in [4.78, 5) is 0.0679. The van der Waals surface area contributed by atoms with Gasteiger partial charge in [-0.25, -0.2) is 13.1 Å². The number of halogens is 1. The topological polar surface area (TPSA) is 72.2 Å². The summed E-state index contributed by atoms with van der Waals surface area (Å²) in [6.45, 7) is 3.53. The van der Waals surface area contributed by atoms with Gasteiger partial charge in [-0.15, -0.1) is 0 Å². The van der Waals surface area contributed by atoms with Gasteiger partial charge in [0.05, 0.1) is 4.90 Å². The highest BCUT2D eigenvalue weighted by atomic mass is 35.5. The molecular formula is C15H17ClN2O2S. The summed E-state index contributed by atoms with van der Waals surface area (Å²) in [7, 11) is -3.68. The molecule has 0 aromatic heterocycles. The molecule has 0 heterocycles. The second kappa shape index (κ2) is 6.05. The third kappa shape index (κ3) is 3.56. The van der Waals surface area contributed by atoms with Crippen molar-refractivity contribution in [3.63, 3.8) is 0 Å². The summed E-state index contributed by atoms with van der Waals surface area (Å²) in [6, 6.07) is 11.8. The van der Waals surface area contributed by atoms with Gasteiger partial charge in [0.25, 0.3) is 0 Å². The van der Waals surface area contributed by atoms with E-state index in [1.165, 1.54) is 12.1 Å². The molecule has 0 spiro atoms. The molecule has 3 N–H and O–H groups in total. The predicted octanol–water partition coefficient (Wildman–Crippen LogP) is 3.27. The van der Waals surface area contributed by atoms with E-state index in [-0.39, 0.29) is 10.9 Å². The van der Waals surface area contributed by atoms with Gasteiger partial charge in [0.1, 0.15) is 0 Å². The lowest BCUT2D eigenvalue weighted by atomic mass is 10.1. The Balaban J connectivity index is 2.31. The fourth-order valence-corrected chi connectivity index (χ4v) is 3.52. The lowest BCUT2D eigenvalue weighted by Gasteiger charge is -2.15. The molecule has 0 bridgehead atoms. The van der Waals surface area contributed by atoms with Crippen molar-refractivity contribution in [3.8, 4) is 0 Å². The number of benzene rings is 2. The molecule has 6 heteroatoms. The van der Waals surface area contributed by atoms with Gasteiger partial charge in [-0.3, -0.25) is 0 Å². The van der Waals surface area contributed by atoms with Crippen molar-refractivity contribution in [1.82, 2.24) is 4.72 Å². The van der Waals surface area contributed by atoms with E-state index in [9.17, 15) is 8.42 Å². The van der Waals surface area contributed by atoms with E-state index in [0.29, 0.717) is 16.3 Å². The summed E-state index contributed by atoms with van der Waals surface area (Å²) >= 11 is 6.01. The van der Waals surface area contributed by atoms with Crippen LogP contribution in [0, 0.1) is 6.92 Å². The van der Waals surface area contributed by atoms with Crippen molar-refractivity contribution in [2.45, 2.75) is 24.8 Å². The maximum atomic E-state index is 12.4. The minimum Gasteiger partial charge on any atom is -0.398 e. The summed E-state index contributed by atoms with van der Waals surface area (Å²) < 4.78 is 27.4. The van der Waals surface area contributed by atoms with Crippen molar-refractivity contribution < 1.29 is 8.42 Å². The number of sulfonamides is 1. The van der Waals surface area contributed by atoms with Gasteiger partial charge in [-0.05, 0) is 37.1 Å². The Morgan fingerprint density at radius 2 is 1.81 bits per heavy atom. The zero-order valence-corrected chi connectivity index (χ0v) is 13.4. The van der Waals surface area contributed by atoms with E-state index >= 15 is 0 Å². The average molecular weight is 325 g/mol. The molecule has 0 radical (unpaired) electrons. The largest absolute Gasteiger partial charge is 0.398 e. The third-order valence-corrected chi connectivity index (χ3v) is 5.21. The fraction of sp³-hybridized carbons (Fsp3) is 0.200. The molecule has 0 aliphatic heterocycles. The molecule has 2 rings (SSSR count). The Labute approximate surface area is 130 Å². The first kappa shape index (κ1) is 15.8. The molecule has 1 atom stereocenters. The molecule has 0 saturated carbocycles. The molecule has 4 nitrogen and oxygen atoms in total. The van der Waals surface area contributed by atoms with Crippen LogP contribution in [0.25, 0.3) is 0 Å². The minimum atomic E-state index is -3.68. The fourth-order valence-electron chi connectivity index (χ4n) is 1.94. The molecule has 0 aliphatic carbocycles. The van der Waals surface area contributed by atoms with Crippen LogP contribution in [0.4, 0.5) is 5.69 Å². The zero-order chi connectivity index (χ0) is 15.6. The number of nitrogen functional groups attached to an aromatic ring is 1.